The first-order valence-corrected chi connectivity index (χ1v) is 12.5. The second kappa shape index (κ2) is 13.9. The number of carbonyl (C=O) groups excluding carboxylic acids is 3. The summed E-state index contributed by atoms with van der Waals surface area (Å²) in [5, 5.41) is 23.1. The van der Waals surface area contributed by atoms with E-state index in [2.05, 4.69) is 4.98 Å². The number of amides is 3. The Morgan fingerprint density at radius 1 is 1.15 bits per heavy atom. The summed E-state index contributed by atoms with van der Waals surface area (Å²) in [7, 11) is 0. The number of fused-ring (bicyclic) bond motifs is 1. The Bertz CT molecular complexity index is 1380. The van der Waals surface area contributed by atoms with Gasteiger partial charge in [-0.25, -0.2) is 18.6 Å². The molecule has 0 aliphatic heterocycles. The van der Waals surface area contributed by atoms with E-state index in [0.29, 0.717) is 10.8 Å². The van der Waals surface area contributed by atoms with Gasteiger partial charge in [0.2, 0.25) is 5.91 Å². The largest absolute Gasteiger partial charge is 0.448 e. The molecule has 0 saturated carbocycles. The summed E-state index contributed by atoms with van der Waals surface area (Å²) in [4.78, 5) is 41.8. The SMILES string of the molecule is CC(=O)N(N(Cc1cccc(F)c1Cl)C[C@H](O)CO)N(C(=O)OCCCC(N)=O)c1cc2cc(F)ccc2cn1. The van der Waals surface area contributed by atoms with Crippen molar-refractivity contribution in [1.82, 2.24) is 15.1 Å². The van der Waals surface area contributed by atoms with Crippen LogP contribution in [0.15, 0.2) is 48.7 Å². The van der Waals surface area contributed by atoms with E-state index in [-0.39, 0.29) is 42.4 Å². The van der Waals surface area contributed by atoms with E-state index in [0.717, 1.165) is 28.1 Å². The van der Waals surface area contributed by atoms with Gasteiger partial charge in [-0.1, -0.05) is 23.7 Å². The van der Waals surface area contributed by atoms with Gasteiger partial charge in [-0.3, -0.25) is 9.59 Å². The maximum absolute atomic E-state index is 14.2. The number of benzene rings is 2. The number of halogens is 3. The minimum Gasteiger partial charge on any atom is -0.448 e. The lowest BCUT2D eigenvalue weighted by Gasteiger charge is -2.40. The average molecular weight is 580 g/mol. The molecule has 1 atom stereocenters. The molecule has 40 heavy (non-hydrogen) atoms. The molecule has 0 aliphatic carbocycles. The van der Waals surface area contributed by atoms with E-state index in [1.54, 1.807) is 0 Å². The highest BCUT2D eigenvalue weighted by Gasteiger charge is 2.34. The van der Waals surface area contributed by atoms with Gasteiger partial charge in [0.15, 0.2) is 5.82 Å². The molecular weight excluding hydrogens is 552 g/mol. The molecule has 214 valence electrons. The minimum atomic E-state index is -1.40. The Morgan fingerprint density at radius 3 is 2.58 bits per heavy atom. The van der Waals surface area contributed by atoms with Crippen LogP contribution in [0, 0.1) is 11.6 Å². The fraction of sp³-hybridized carbons (Fsp3) is 0.308. The molecule has 11 nitrogen and oxygen atoms in total. The lowest BCUT2D eigenvalue weighted by Crippen LogP contribution is -2.59. The van der Waals surface area contributed by atoms with Crippen molar-refractivity contribution in [3.63, 3.8) is 0 Å². The summed E-state index contributed by atoms with van der Waals surface area (Å²) >= 11 is 6.13. The van der Waals surface area contributed by atoms with Crippen LogP contribution in [-0.4, -0.2) is 69.1 Å². The van der Waals surface area contributed by atoms with Gasteiger partial charge < -0.3 is 20.7 Å². The van der Waals surface area contributed by atoms with Crippen molar-refractivity contribution in [3.05, 3.63) is 70.9 Å². The standard InChI is InChI=1S/C26H28ClF2N5O6/c1-16(36)34(32(14-21(37)15-35)13-18-4-2-5-22(29)25(18)27)33(26(39)40-9-3-6-23(30)38)24-11-19-10-20(28)8-7-17(19)12-31-24/h2,4-5,7-8,10-12,21,35,37H,3,6,9,13-15H2,1H3,(H2,30,38)/t21-/m0/s1. The van der Waals surface area contributed by atoms with Gasteiger partial charge in [0.05, 0.1) is 24.3 Å². The number of ether oxygens (including phenoxy) is 1. The van der Waals surface area contributed by atoms with Gasteiger partial charge in [0.1, 0.15) is 11.6 Å². The Morgan fingerprint density at radius 2 is 1.90 bits per heavy atom. The average Bonchev–Trinajstić information content (AvgIpc) is 2.90. The number of rotatable bonds is 11. The Kier molecular flexibility index (Phi) is 10.7. The van der Waals surface area contributed by atoms with Gasteiger partial charge >= 0.3 is 6.09 Å². The number of anilines is 1. The Balaban J connectivity index is 2.11. The molecule has 3 rings (SSSR count). The van der Waals surface area contributed by atoms with E-state index in [4.69, 9.17) is 22.1 Å². The molecule has 0 saturated heterocycles. The summed E-state index contributed by atoms with van der Waals surface area (Å²) < 4.78 is 33.5. The van der Waals surface area contributed by atoms with Crippen LogP contribution in [0.3, 0.4) is 0 Å². The second-order valence-electron chi connectivity index (χ2n) is 8.73. The summed E-state index contributed by atoms with van der Waals surface area (Å²) in [5.41, 5.74) is 5.33. The fourth-order valence-corrected chi connectivity index (χ4v) is 3.98. The zero-order chi connectivity index (χ0) is 29.4. The van der Waals surface area contributed by atoms with E-state index in [1.165, 1.54) is 42.6 Å². The molecule has 4 N–H and O–H groups in total. The molecule has 3 aromatic rings. The first kappa shape index (κ1) is 30.6. The maximum atomic E-state index is 14.2. The minimum absolute atomic E-state index is 0.0654. The zero-order valence-corrected chi connectivity index (χ0v) is 22.2. The molecule has 0 radical (unpaired) electrons. The molecular formula is C26H28ClF2N5O6. The van der Waals surface area contributed by atoms with Gasteiger partial charge in [0.25, 0.3) is 5.91 Å². The number of hydrogen-bond donors (Lipinski definition) is 3. The fourth-order valence-electron chi connectivity index (χ4n) is 3.79. The summed E-state index contributed by atoms with van der Waals surface area (Å²) in [5.74, 6) is -2.83. The number of hydrogen-bond acceptors (Lipinski definition) is 8. The van der Waals surface area contributed by atoms with E-state index in [1.807, 2.05) is 0 Å². The molecule has 1 aromatic heterocycles. The molecule has 0 aliphatic rings. The molecule has 1 heterocycles. The summed E-state index contributed by atoms with van der Waals surface area (Å²) in [6.45, 7) is -0.567. The molecule has 0 spiro atoms. The third kappa shape index (κ3) is 7.82. The quantitative estimate of drug-likeness (QED) is 0.232. The van der Waals surface area contributed by atoms with Gasteiger partial charge in [-0.05, 0) is 47.7 Å². The number of aromatic nitrogens is 1. The van der Waals surface area contributed by atoms with E-state index in [9.17, 15) is 33.4 Å². The van der Waals surface area contributed by atoms with Crippen molar-refractivity contribution >= 4 is 46.1 Å². The third-order valence-electron chi connectivity index (χ3n) is 5.61. The lowest BCUT2D eigenvalue weighted by atomic mass is 10.2. The first-order chi connectivity index (χ1) is 19.0. The van der Waals surface area contributed by atoms with Crippen molar-refractivity contribution < 1.29 is 38.1 Å². The first-order valence-electron chi connectivity index (χ1n) is 12.1. The highest BCUT2D eigenvalue weighted by Crippen LogP contribution is 2.27. The van der Waals surface area contributed by atoms with Gasteiger partial charge in [-0.2, -0.15) is 10.1 Å². The van der Waals surface area contributed by atoms with E-state index < -0.39 is 48.8 Å². The molecule has 2 aromatic carbocycles. The zero-order valence-electron chi connectivity index (χ0n) is 21.5. The number of carbonyl (C=O) groups is 3. The highest BCUT2D eigenvalue weighted by molar-refractivity contribution is 6.31. The summed E-state index contributed by atoms with van der Waals surface area (Å²) in [6, 6.07) is 9.26. The number of hydrazine groups is 2. The highest BCUT2D eigenvalue weighted by atomic mass is 35.5. The third-order valence-corrected chi connectivity index (χ3v) is 6.03. The number of nitrogens with zero attached hydrogens (tertiary/aromatic N) is 4. The van der Waals surface area contributed by atoms with Gasteiger partial charge in [-0.15, -0.1) is 5.01 Å². The molecule has 0 bridgehead atoms. The maximum Gasteiger partial charge on any atom is 0.436 e. The second-order valence-corrected chi connectivity index (χ2v) is 9.11. The number of aliphatic hydroxyl groups excluding tert-OH is 2. The summed E-state index contributed by atoms with van der Waals surface area (Å²) in [6.07, 6.45) is -1.13. The van der Waals surface area contributed by atoms with Crippen molar-refractivity contribution in [1.29, 1.82) is 0 Å². The van der Waals surface area contributed by atoms with Crippen molar-refractivity contribution in [2.24, 2.45) is 5.73 Å². The molecule has 0 fully saturated rings. The number of primary amides is 1. The van der Waals surface area contributed by atoms with Crippen molar-refractivity contribution in [2.75, 3.05) is 24.8 Å². The predicted molar refractivity (Wildman–Crippen MR) is 141 cm³/mol. The van der Waals surface area contributed by atoms with Crippen LogP contribution in [-0.2, 0) is 20.9 Å². The number of nitrogens with two attached hydrogens (primary N) is 1. The van der Waals surface area contributed by atoms with Gasteiger partial charge in [0, 0.05) is 38.0 Å². The van der Waals surface area contributed by atoms with Crippen LogP contribution in [0.4, 0.5) is 19.4 Å². The topological polar surface area (TPSA) is 150 Å². The van der Waals surface area contributed by atoms with Crippen molar-refractivity contribution in [2.45, 2.75) is 32.4 Å². The van der Waals surface area contributed by atoms with Crippen LogP contribution in [0.1, 0.15) is 25.3 Å². The van der Waals surface area contributed by atoms with E-state index >= 15 is 0 Å². The monoisotopic (exact) mass is 579 g/mol. The van der Waals surface area contributed by atoms with Crippen LogP contribution < -0.4 is 10.7 Å². The normalized spacial score (nSPS) is 11.9. The Hall–Kier alpha value is -3.91. The lowest BCUT2D eigenvalue weighted by molar-refractivity contribution is -0.152. The molecule has 3 amide bonds. The van der Waals surface area contributed by atoms with Crippen molar-refractivity contribution in [3.8, 4) is 0 Å². The number of pyridine rings is 1. The number of aliphatic hydroxyl groups is 2. The Labute approximate surface area is 233 Å². The van der Waals surface area contributed by atoms with Crippen LogP contribution in [0.25, 0.3) is 10.8 Å². The predicted octanol–water partition coefficient (Wildman–Crippen LogP) is 2.91. The molecule has 14 heteroatoms. The van der Waals surface area contributed by atoms with Crippen LogP contribution in [0.2, 0.25) is 5.02 Å². The van der Waals surface area contributed by atoms with Crippen LogP contribution in [0.5, 0.6) is 0 Å². The molecule has 0 unspecified atom stereocenters. The van der Waals surface area contributed by atoms with Crippen LogP contribution >= 0.6 is 11.6 Å². The smallest absolute Gasteiger partial charge is 0.436 e.